The van der Waals surface area contributed by atoms with Gasteiger partial charge in [0.1, 0.15) is 6.10 Å². The fourth-order valence-electron chi connectivity index (χ4n) is 0.370. The molecule has 1 atom stereocenters. The number of quaternary nitrogens is 1. The van der Waals surface area contributed by atoms with Crippen molar-refractivity contribution in [1.29, 1.82) is 0 Å². The van der Waals surface area contributed by atoms with E-state index in [9.17, 15) is 5.21 Å². The molecule has 8 heavy (non-hydrogen) atoms. The van der Waals surface area contributed by atoms with Crippen molar-refractivity contribution in [2.24, 2.45) is 0 Å². The first kappa shape index (κ1) is 5.97. The average Bonchev–Trinajstić information content (AvgIpc) is 2.50. The van der Waals surface area contributed by atoms with Crippen molar-refractivity contribution in [3.8, 4) is 0 Å². The molecule has 4 nitrogen and oxygen atoms in total. The Morgan fingerprint density at radius 2 is 2.25 bits per heavy atom. The minimum atomic E-state index is -0.563. The van der Waals surface area contributed by atoms with E-state index in [1.807, 2.05) is 0 Å². The second-order valence-corrected chi connectivity index (χ2v) is 1.77. The van der Waals surface area contributed by atoms with Crippen molar-refractivity contribution in [1.82, 2.24) is 0 Å². The average molecular weight is 119 g/mol. The Balaban J connectivity index is 1.98. The van der Waals surface area contributed by atoms with Gasteiger partial charge in [-0.25, -0.2) is 0 Å². The summed E-state index contributed by atoms with van der Waals surface area (Å²) in [6, 6.07) is 0. The molecule has 1 saturated carbocycles. The molecule has 0 heterocycles. The maximum Gasteiger partial charge on any atom is 0.121 e. The van der Waals surface area contributed by atoms with Crippen molar-refractivity contribution in [2.75, 3.05) is 7.11 Å². The van der Waals surface area contributed by atoms with Gasteiger partial charge in [-0.2, -0.15) is 9.68 Å². The molecule has 0 aliphatic heterocycles. The first-order chi connectivity index (χ1) is 3.83. The van der Waals surface area contributed by atoms with Crippen LogP contribution in [0.1, 0.15) is 12.8 Å². The number of hydrogen-bond acceptors (Lipinski definition) is 3. The predicted molar refractivity (Wildman–Crippen MR) is 25.4 cm³/mol. The lowest BCUT2D eigenvalue weighted by molar-refractivity contribution is -1.21. The van der Waals surface area contributed by atoms with Gasteiger partial charge in [0.15, 0.2) is 0 Å². The predicted octanol–water partition coefficient (Wildman–Crippen LogP) is -0.976. The van der Waals surface area contributed by atoms with Crippen LogP contribution in [-0.4, -0.2) is 13.2 Å². The Morgan fingerprint density at radius 1 is 1.62 bits per heavy atom. The van der Waals surface area contributed by atoms with E-state index in [4.69, 9.17) is 0 Å². The lowest BCUT2D eigenvalue weighted by Gasteiger charge is -2.13. The quantitative estimate of drug-likeness (QED) is 0.486. The normalized spacial score (nSPS) is 23.2. The van der Waals surface area contributed by atoms with Crippen LogP contribution in [0, 0.1) is 5.21 Å². The van der Waals surface area contributed by atoms with E-state index >= 15 is 0 Å². The molecule has 4 heteroatoms. The van der Waals surface area contributed by atoms with Gasteiger partial charge in [0.2, 0.25) is 0 Å². The fourth-order valence-corrected chi connectivity index (χ4v) is 0.370. The fraction of sp³-hybridized carbons (Fsp3) is 1.00. The van der Waals surface area contributed by atoms with Gasteiger partial charge < -0.3 is 5.21 Å². The lowest BCUT2D eigenvalue weighted by atomic mass is 10.9. The molecule has 1 aliphatic carbocycles. The van der Waals surface area contributed by atoms with Crippen LogP contribution in [0.15, 0.2) is 0 Å². The van der Waals surface area contributed by atoms with Crippen molar-refractivity contribution < 1.29 is 15.1 Å². The van der Waals surface area contributed by atoms with Crippen LogP contribution in [-0.2, 0) is 9.68 Å². The van der Waals surface area contributed by atoms with Gasteiger partial charge in [0, 0.05) is 0 Å². The summed E-state index contributed by atoms with van der Waals surface area (Å²) >= 11 is 0. The summed E-state index contributed by atoms with van der Waals surface area (Å²) in [6.45, 7) is 0. The standard InChI is InChI=1S/C4H9NO3/c1-7-5(6)8-4-2-3-4/h4-5H,2-3H2,1H3. The third-order valence-corrected chi connectivity index (χ3v) is 0.954. The summed E-state index contributed by atoms with van der Waals surface area (Å²) in [5.74, 6) is 0. The van der Waals surface area contributed by atoms with E-state index in [-0.39, 0.29) is 6.10 Å². The number of hydrogen-bond donors (Lipinski definition) is 1. The Kier molecular flexibility index (Phi) is 1.80. The molecular weight excluding hydrogens is 110 g/mol. The highest BCUT2D eigenvalue weighted by molar-refractivity contribution is 4.70. The first-order valence-electron chi connectivity index (χ1n) is 2.57. The molecule has 0 aromatic rings. The van der Waals surface area contributed by atoms with Crippen LogP contribution in [0.3, 0.4) is 0 Å². The zero-order valence-electron chi connectivity index (χ0n) is 4.72. The molecule has 0 bridgehead atoms. The Hall–Kier alpha value is -0.160. The van der Waals surface area contributed by atoms with E-state index in [0.29, 0.717) is 0 Å². The highest BCUT2D eigenvalue weighted by Gasteiger charge is 2.26. The van der Waals surface area contributed by atoms with E-state index in [1.54, 1.807) is 0 Å². The minimum absolute atomic E-state index is 0.155. The Labute approximate surface area is 47.5 Å². The zero-order chi connectivity index (χ0) is 5.98. The largest absolute Gasteiger partial charge is 0.566 e. The van der Waals surface area contributed by atoms with Crippen LogP contribution in [0.4, 0.5) is 0 Å². The number of nitrogens with one attached hydrogen (secondary N) is 1. The molecule has 0 radical (unpaired) electrons. The van der Waals surface area contributed by atoms with Crippen LogP contribution in [0.2, 0.25) is 0 Å². The molecule has 0 spiro atoms. The molecule has 1 rings (SSSR count). The summed E-state index contributed by atoms with van der Waals surface area (Å²) < 4.78 is 0. The maximum atomic E-state index is 10.2. The SMILES string of the molecule is CO[NH+]([O-])OC1CC1. The van der Waals surface area contributed by atoms with Gasteiger partial charge in [0.25, 0.3) is 0 Å². The van der Waals surface area contributed by atoms with Gasteiger partial charge in [-0.15, -0.1) is 0 Å². The second-order valence-electron chi connectivity index (χ2n) is 1.77. The molecule has 0 aromatic carbocycles. The van der Waals surface area contributed by atoms with Crippen LogP contribution < -0.4 is 5.39 Å². The van der Waals surface area contributed by atoms with Crippen molar-refractivity contribution >= 4 is 0 Å². The van der Waals surface area contributed by atoms with Crippen molar-refractivity contribution in [2.45, 2.75) is 18.9 Å². The minimum Gasteiger partial charge on any atom is -0.566 e. The summed E-state index contributed by atoms with van der Waals surface area (Å²) in [7, 11) is 1.31. The summed E-state index contributed by atoms with van der Waals surface area (Å²) in [5.41, 5.74) is 0. The Bertz CT molecular complexity index is 73.7. The summed E-state index contributed by atoms with van der Waals surface area (Å²) in [4.78, 5) is 8.89. The molecule has 1 fully saturated rings. The van der Waals surface area contributed by atoms with Crippen LogP contribution in [0.25, 0.3) is 0 Å². The molecular formula is C4H9NO3. The van der Waals surface area contributed by atoms with E-state index in [2.05, 4.69) is 9.68 Å². The second kappa shape index (κ2) is 2.41. The highest BCUT2D eigenvalue weighted by atomic mass is 17.1. The number of rotatable bonds is 3. The van der Waals surface area contributed by atoms with Crippen molar-refractivity contribution in [3.63, 3.8) is 0 Å². The van der Waals surface area contributed by atoms with E-state index < -0.39 is 5.39 Å². The molecule has 1 aliphatic rings. The van der Waals surface area contributed by atoms with Gasteiger partial charge in [0.05, 0.1) is 7.11 Å². The van der Waals surface area contributed by atoms with Crippen LogP contribution >= 0.6 is 0 Å². The van der Waals surface area contributed by atoms with E-state index in [0.717, 1.165) is 12.8 Å². The summed E-state index contributed by atoms with van der Waals surface area (Å²) in [6.07, 6.45) is 2.15. The molecule has 1 unspecified atom stereocenters. The van der Waals surface area contributed by atoms with Crippen LogP contribution in [0.5, 0.6) is 0 Å². The first-order valence-corrected chi connectivity index (χ1v) is 2.57. The lowest BCUT2D eigenvalue weighted by Crippen LogP contribution is -3.05. The molecule has 48 valence electrons. The molecule has 0 amide bonds. The van der Waals surface area contributed by atoms with Gasteiger partial charge in [-0.1, -0.05) is 5.39 Å². The molecule has 0 aromatic heterocycles. The van der Waals surface area contributed by atoms with Crippen molar-refractivity contribution in [3.05, 3.63) is 5.21 Å². The van der Waals surface area contributed by atoms with Gasteiger partial charge in [-0.05, 0) is 12.8 Å². The smallest absolute Gasteiger partial charge is 0.121 e. The monoisotopic (exact) mass is 119 g/mol. The Morgan fingerprint density at radius 3 is 2.62 bits per heavy atom. The van der Waals surface area contributed by atoms with Gasteiger partial charge in [-0.3, -0.25) is 0 Å². The summed E-state index contributed by atoms with van der Waals surface area (Å²) in [5, 5.41) is 9.66. The maximum absolute atomic E-state index is 10.2. The third-order valence-electron chi connectivity index (χ3n) is 0.954. The third kappa shape index (κ3) is 1.75. The molecule has 1 N–H and O–H groups in total. The zero-order valence-corrected chi connectivity index (χ0v) is 4.72. The van der Waals surface area contributed by atoms with E-state index in [1.165, 1.54) is 7.11 Å². The molecule has 0 saturated heterocycles. The van der Waals surface area contributed by atoms with Gasteiger partial charge >= 0.3 is 0 Å². The highest BCUT2D eigenvalue weighted by Crippen LogP contribution is 2.20. The topological polar surface area (TPSA) is 46.0 Å².